The number of rotatable bonds is 6. The van der Waals surface area contributed by atoms with Gasteiger partial charge in [-0.2, -0.15) is 4.98 Å². The van der Waals surface area contributed by atoms with Crippen LogP contribution in [-0.4, -0.2) is 64.6 Å². The molecule has 0 aromatic carbocycles. The van der Waals surface area contributed by atoms with E-state index in [-0.39, 0.29) is 5.91 Å². The molecule has 2 aliphatic heterocycles. The summed E-state index contributed by atoms with van der Waals surface area (Å²) in [6, 6.07) is 0.379. The first kappa shape index (κ1) is 15.1. The van der Waals surface area contributed by atoms with Crippen molar-refractivity contribution in [1.82, 2.24) is 25.3 Å². The molecule has 0 spiro atoms. The van der Waals surface area contributed by atoms with Gasteiger partial charge in [0.2, 0.25) is 11.8 Å². The zero-order valence-electron chi connectivity index (χ0n) is 13.5. The van der Waals surface area contributed by atoms with E-state index in [1.54, 1.807) is 0 Å². The topological polar surface area (TPSA) is 74.5 Å². The van der Waals surface area contributed by atoms with Crippen molar-refractivity contribution in [1.29, 1.82) is 0 Å². The van der Waals surface area contributed by atoms with Gasteiger partial charge < -0.3 is 14.7 Å². The predicted octanol–water partition coefficient (Wildman–Crippen LogP) is 0.733. The zero-order valence-corrected chi connectivity index (χ0v) is 13.5. The van der Waals surface area contributed by atoms with E-state index in [2.05, 4.69) is 20.4 Å². The van der Waals surface area contributed by atoms with Gasteiger partial charge in [0, 0.05) is 31.6 Å². The van der Waals surface area contributed by atoms with Crippen molar-refractivity contribution < 1.29 is 9.32 Å². The summed E-state index contributed by atoms with van der Waals surface area (Å²) in [7, 11) is 0. The summed E-state index contributed by atoms with van der Waals surface area (Å²) in [5.74, 6) is 2.36. The molecule has 23 heavy (non-hydrogen) atoms. The Labute approximate surface area is 136 Å². The van der Waals surface area contributed by atoms with Crippen LogP contribution in [-0.2, 0) is 11.3 Å². The Hall–Kier alpha value is -1.47. The van der Waals surface area contributed by atoms with E-state index < -0.39 is 0 Å². The molecule has 1 atom stereocenters. The largest absolute Gasteiger partial charge is 0.341 e. The maximum Gasteiger partial charge on any atom is 0.236 e. The van der Waals surface area contributed by atoms with Crippen LogP contribution in [0.15, 0.2) is 4.52 Å². The van der Waals surface area contributed by atoms with Crippen LogP contribution in [0.5, 0.6) is 0 Å². The number of nitrogens with zero attached hydrogens (tertiary/aromatic N) is 4. The van der Waals surface area contributed by atoms with E-state index in [0.717, 1.165) is 63.7 Å². The number of nitrogens with one attached hydrogen (secondary N) is 1. The molecule has 4 rings (SSSR count). The Kier molecular flexibility index (Phi) is 4.31. The lowest BCUT2D eigenvalue weighted by Crippen LogP contribution is -2.51. The Morgan fingerprint density at radius 2 is 2.09 bits per heavy atom. The minimum Gasteiger partial charge on any atom is -0.341 e. The summed E-state index contributed by atoms with van der Waals surface area (Å²) in [6.07, 6.45) is 5.79. The first-order valence-electron chi connectivity index (χ1n) is 8.84. The van der Waals surface area contributed by atoms with Crippen molar-refractivity contribution in [2.24, 2.45) is 0 Å². The summed E-state index contributed by atoms with van der Waals surface area (Å²) in [5.41, 5.74) is 0. The standard InChI is InChI=1S/C16H25N5O2/c22-15(21-7-2-8-21)9-17-13-3-1-6-20(10-13)11-14-18-16(23-19-14)12-4-5-12/h12-13,17H,1-11H2/t13-/m1/s1. The van der Waals surface area contributed by atoms with Gasteiger partial charge in [0.15, 0.2) is 5.82 Å². The highest BCUT2D eigenvalue weighted by molar-refractivity contribution is 5.78. The number of carbonyl (C=O) groups excluding carboxylic acids is 1. The van der Waals surface area contributed by atoms with Crippen LogP contribution < -0.4 is 5.32 Å². The molecule has 1 aromatic rings. The number of carbonyl (C=O) groups is 1. The minimum atomic E-state index is 0.237. The number of hydrogen-bond acceptors (Lipinski definition) is 6. The third kappa shape index (κ3) is 3.72. The fraction of sp³-hybridized carbons (Fsp3) is 0.812. The molecular weight excluding hydrogens is 294 g/mol. The molecule has 3 aliphatic rings. The van der Waals surface area contributed by atoms with Crippen LogP contribution in [0.2, 0.25) is 0 Å². The number of aromatic nitrogens is 2. The second-order valence-corrected chi connectivity index (χ2v) is 7.01. The van der Waals surface area contributed by atoms with Gasteiger partial charge in [0.05, 0.1) is 13.1 Å². The quantitative estimate of drug-likeness (QED) is 0.833. The third-order valence-corrected chi connectivity index (χ3v) is 5.03. The Balaban J connectivity index is 1.23. The number of amides is 1. The van der Waals surface area contributed by atoms with Crippen molar-refractivity contribution in [2.45, 2.75) is 50.6 Å². The van der Waals surface area contributed by atoms with Crippen molar-refractivity contribution in [3.63, 3.8) is 0 Å². The van der Waals surface area contributed by atoms with Crippen LogP contribution in [0.25, 0.3) is 0 Å². The van der Waals surface area contributed by atoms with Crippen molar-refractivity contribution in [3.8, 4) is 0 Å². The minimum absolute atomic E-state index is 0.237. The number of likely N-dealkylation sites (tertiary alicyclic amines) is 2. The van der Waals surface area contributed by atoms with Crippen LogP contribution in [0.4, 0.5) is 0 Å². The van der Waals surface area contributed by atoms with E-state index in [9.17, 15) is 4.79 Å². The van der Waals surface area contributed by atoms with Crippen LogP contribution in [0.1, 0.15) is 49.7 Å². The van der Waals surface area contributed by atoms with E-state index in [4.69, 9.17) is 4.52 Å². The van der Waals surface area contributed by atoms with Gasteiger partial charge in [-0.15, -0.1) is 0 Å². The molecule has 1 amide bonds. The van der Waals surface area contributed by atoms with Crippen LogP contribution in [0, 0.1) is 0 Å². The van der Waals surface area contributed by atoms with Crippen molar-refractivity contribution in [2.75, 3.05) is 32.7 Å². The fourth-order valence-corrected chi connectivity index (χ4v) is 3.30. The van der Waals surface area contributed by atoms with E-state index in [1.165, 1.54) is 12.8 Å². The maximum absolute atomic E-state index is 11.9. The summed E-state index contributed by atoms with van der Waals surface area (Å²) in [5, 5.41) is 7.53. The van der Waals surface area contributed by atoms with Gasteiger partial charge >= 0.3 is 0 Å². The molecule has 0 unspecified atom stereocenters. The molecule has 3 fully saturated rings. The predicted molar refractivity (Wildman–Crippen MR) is 83.8 cm³/mol. The van der Waals surface area contributed by atoms with Crippen molar-refractivity contribution >= 4 is 5.91 Å². The van der Waals surface area contributed by atoms with Crippen LogP contribution >= 0.6 is 0 Å². The highest BCUT2D eigenvalue weighted by atomic mass is 16.5. The Bertz CT molecular complexity index is 552. The van der Waals surface area contributed by atoms with Gasteiger partial charge in [0.25, 0.3) is 0 Å². The molecule has 2 saturated heterocycles. The molecule has 1 aliphatic carbocycles. The second-order valence-electron chi connectivity index (χ2n) is 7.01. The molecular formula is C16H25N5O2. The molecule has 0 bridgehead atoms. The van der Waals surface area contributed by atoms with E-state index in [1.807, 2.05) is 4.90 Å². The van der Waals surface area contributed by atoms with Gasteiger partial charge in [0.1, 0.15) is 0 Å². The lowest BCUT2D eigenvalue weighted by molar-refractivity contribution is -0.133. The maximum atomic E-state index is 11.9. The Morgan fingerprint density at radius 3 is 2.83 bits per heavy atom. The number of hydrogen-bond donors (Lipinski definition) is 1. The molecule has 1 N–H and O–H groups in total. The van der Waals surface area contributed by atoms with E-state index in [0.29, 0.717) is 18.5 Å². The van der Waals surface area contributed by atoms with E-state index >= 15 is 0 Å². The second kappa shape index (κ2) is 6.57. The highest BCUT2D eigenvalue weighted by Gasteiger charge is 2.30. The number of piperidine rings is 1. The summed E-state index contributed by atoms with van der Waals surface area (Å²) in [6.45, 7) is 5.07. The summed E-state index contributed by atoms with van der Waals surface area (Å²) >= 11 is 0. The molecule has 1 aromatic heterocycles. The third-order valence-electron chi connectivity index (χ3n) is 5.03. The fourth-order valence-electron chi connectivity index (χ4n) is 3.30. The normalized spacial score (nSPS) is 25.4. The molecule has 1 saturated carbocycles. The average molecular weight is 319 g/mol. The van der Waals surface area contributed by atoms with Crippen molar-refractivity contribution in [3.05, 3.63) is 11.7 Å². The molecule has 7 heteroatoms. The van der Waals surface area contributed by atoms with Gasteiger partial charge in [-0.3, -0.25) is 9.69 Å². The smallest absolute Gasteiger partial charge is 0.236 e. The zero-order chi connectivity index (χ0) is 15.6. The monoisotopic (exact) mass is 319 g/mol. The van der Waals surface area contributed by atoms with Gasteiger partial charge in [-0.1, -0.05) is 5.16 Å². The van der Waals surface area contributed by atoms with Crippen LogP contribution in [0.3, 0.4) is 0 Å². The summed E-state index contributed by atoms with van der Waals surface area (Å²) in [4.78, 5) is 20.7. The molecule has 0 radical (unpaired) electrons. The Morgan fingerprint density at radius 1 is 1.22 bits per heavy atom. The highest BCUT2D eigenvalue weighted by Crippen LogP contribution is 2.38. The first-order chi connectivity index (χ1) is 11.3. The van der Waals surface area contributed by atoms with Gasteiger partial charge in [-0.05, 0) is 38.6 Å². The van der Waals surface area contributed by atoms with Gasteiger partial charge in [-0.25, -0.2) is 0 Å². The average Bonchev–Trinajstić information content (AvgIpc) is 3.24. The molecule has 7 nitrogen and oxygen atoms in total. The lowest BCUT2D eigenvalue weighted by Gasteiger charge is -2.34. The molecule has 126 valence electrons. The summed E-state index contributed by atoms with van der Waals surface area (Å²) < 4.78 is 5.33. The first-order valence-corrected chi connectivity index (χ1v) is 8.84. The SMILES string of the molecule is O=C(CN[C@@H]1CCCN(Cc2noc(C3CC3)n2)C1)N1CCC1. The lowest BCUT2D eigenvalue weighted by atomic mass is 10.1. The molecule has 3 heterocycles.